The highest BCUT2D eigenvalue weighted by Crippen LogP contribution is 2.35. The summed E-state index contributed by atoms with van der Waals surface area (Å²) in [5, 5.41) is 5.85. The van der Waals surface area contributed by atoms with Crippen LogP contribution in [0.5, 0.6) is 0 Å². The Labute approximate surface area is 211 Å². The first kappa shape index (κ1) is 25.0. The van der Waals surface area contributed by atoms with Crippen LogP contribution in [0.15, 0.2) is 78.9 Å². The fourth-order valence-electron chi connectivity index (χ4n) is 4.18. The maximum Gasteiger partial charge on any atom is 0.411 e. The molecule has 1 aliphatic rings. The summed E-state index contributed by atoms with van der Waals surface area (Å²) in [6.45, 7) is 6.69. The van der Waals surface area contributed by atoms with Gasteiger partial charge in [0, 0.05) is 17.8 Å². The largest absolute Gasteiger partial charge is 0.438 e. The number of cyclic esters (lactones) is 1. The number of carbonyl (C=O) groups is 3. The zero-order valence-electron chi connectivity index (χ0n) is 20.7. The van der Waals surface area contributed by atoms with Crippen molar-refractivity contribution < 1.29 is 19.1 Å². The van der Waals surface area contributed by atoms with Crippen molar-refractivity contribution >= 4 is 23.6 Å². The van der Waals surface area contributed by atoms with Crippen LogP contribution < -0.4 is 10.6 Å². The Kier molecular flexibility index (Phi) is 7.68. The number of hydrogen-bond acceptors (Lipinski definition) is 4. The molecule has 0 saturated carbocycles. The topological polar surface area (TPSA) is 87.7 Å². The van der Waals surface area contributed by atoms with Gasteiger partial charge in [0.1, 0.15) is 0 Å². The summed E-state index contributed by atoms with van der Waals surface area (Å²) >= 11 is 0. The number of hydrogen-bond donors (Lipinski definition) is 2. The van der Waals surface area contributed by atoms with Crippen molar-refractivity contribution in [1.29, 1.82) is 0 Å². The lowest BCUT2D eigenvalue weighted by atomic mass is 9.99. The van der Waals surface area contributed by atoms with Crippen molar-refractivity contribution in [2.24, 2.45) is 5.92 Å². The molecule has 3 aromatic carbocycles. The first-order chi connectivity index (χ1) is 17.3. The molecule has 7 heteroatoms. The number of benzene rings is 3. The van der Waals surface area contributed by atoms with E-state index in [9.17, 15) is 14.4 Å². The molecule has 7 nitrogen and oxygen atoms in total. The van der Waals surface area contributed by atoms with Crippen LogP contribution in [0.1, 0.15) is 47.0 Å². The first-order valence-corrected chi connectivity index (χ1v) is 12.1. The smallest absolute Gasteiger partial charge is 0.411 e. The maximum atomic E-state index is 13.3. The molecule has 0 radical (unpaired) electrons. The van der Waals surface area contributed by atoms with Gasteiger partial charge in [0.15, 0.2) is 12.1 Å². The van der Waals surface area contributed by atoms with Crippen LogP contribution >= 0.6 is 0 Å². The Morgan fingerprint density at radius 1 is 0.972 bits per heavy atom. The Morgan fingerprint density at radius 2 is 1.72 bits per heavy atom. The van der Waals surface area contributed by atoms with Gasteiger partial charge in [-0.3, -0.25) is 14.5 Å². The second kappa shape index (κ2) is 11.1. The van der Waals surface area contributed by atoms with E-state index in [0.717, 1.165) is 11.1 Å². The van der Waals surface area contributed by atoms with Crippen LogP contribution in [0.4, 0.5) is 10.5 Å². The van der Waals surface area contributed by atoms with Crippen molar-refractivity contribution in [3.05, 3.63) is 101 Å². The van der Waals surface area contributed by atoms with Crippen LogP contribution in [0.25, 0.3) is 0 Å². The van der Waals surface area contributed by atoms with Crippen molar-refractivity contribution in [1.82, 2.24) is 10.2 Å². The molecule has 3 aromatic rings. The van der Waals surface area contributed by atoms with Gasteiger partial charge in [-0.25, -0.2) is 4.79 Å². The third-order valence-electron chi connectivity index (χ3n) is 5.99. The van der Waals surface area contributed by atoms with Gasteiger partial charge in [0.05, 0.1) is 6.54 Å². The summed E-state index contributed by atoms with van der Waals surface area (Å²) in [6.07, 6.45) is -1.37. The molecule has 2 N–H and O–H groups in total. The van der Waals surface area contributed by atoms with E-state index in [1.54, 1.807) is 30.3 Å². The van der Waals surface area contributed by atoms with E-state index in [1.807, 2.05) is 69.3 Å². The van der Waals surface area contributed by atoms with E-state index in [4.69, 9.17) is 4.74 Å². The van der Waals surface area contributed by atoms with Crippen LogP contribution in [0.2, 0.25) is 0 Å². The number of nitrogens with zero attached hydrogens (tertiary/aromatic N) is 1. The fourth-order valence-corrected chi connectivity index (χ4v) is 4.18. The molecular weight excluding hydrogens is 454 g/mol. The quantitative estimate of drug-likeness (QED) is 0.466. The molecule has 0 aromatic heterocycles. The average molecular weight is 486 g/mol. The third kappa shape index (κ3) is 5.92. The molecule has 2 atom stereocenters. The number of carbonyl (C=O) groups excluding carboxylic acids is 3. The van der Waals surface area contributed by atoms with Gasteiger partial charge in [-0.2, -0.15) is 0 Å². The van der Waals surface area contributed by atoms with E-state index in [2.05, 4.69) is 10.6 Å². The first-order valence-electron chi connectivity index (χ1n) is 12.1. The molecule has 0 bridgehead atoms. The summed E-state index contributed by atoms with van der Waals surface area (Å²) in [4.78, 5) is 40.5. The molecule has 36 heavy (non-hydrogen) atoms. The minimum absolute atomic E-state index is 0.240. The summed E-state index contributed by atoms with van der Waals surface area (Å²) in [7, 11) is 0. The van der Waals surface area contributed by atoms with Crippen molar-refractivity contribution in [3.63, 3.8) is 0 Å². The molecule has 4 rings (SSSR count). The molecule has 1 aliphatic heterocycles. The molecule has 1 saturated heterocycles. The van der Waals surface area contributed by atoms with Crippen LogP contribution in [0.3, 0.4) is 0 Å². The lowest BCUT2D eigenvalue weighted by Gasteiger charge is -2.25. The molecular formula is C29H31N3O4. The number of nitrogens with one attached hydrogen (secondary N) is 2. The van der Waals surface area contributed by atoms with Crippen molar-refractivity contribution in [2.75, 3.05) is 11.9 Å². The summed E-state index contributed by atoms with van der Waals surface area (Å²) < 4.78 is 5.75. The second-order valence-electron chi connectivity index (χ2n) is 9.45. The molecule has 3 amide bonds. The highest BCUT2D eigenvalue weighted by Gasteiger charge is 2.47. The van der Waals surface area contributed by atoms with Gasteiger partial charge in [0.25, 0.3) is 5.91 Å². The zero-order valence-corrected chi connectivity index (χ0v) is 20.7. The Balaban J connectivity index is 1.60. The number of anilines is 1. The second-order valence-corrected chi connectivity index (χ2v) is 9.45. The Hall–Kier alpha value is -4.13. The van der Waals surface area contributed by atoms with Crippen LogP contribution in [-0.4, -0.2) is 35.4 Å². The van der Waals surface area contributed by atoms with E-state index < -0.39 is 18.2 Å². The Morgan fingerprint density at radius 3 is 2.44 bits per heavy atom. The number of amides is 3. The Bertz CT molecular complexity index is 1240. The molecule has 1 heterocycles. The van der Waals surface area contributed by atoms with Gasteiger partial charge in [0.2, 0.25) is 5.91 Å². The van der Waals surface area contributed by atoms with Crippen LogP contribution in [0, 0.1) is 12.8 Å². The third-order valence-corrected chi connectivity index (χ3v) is 5.99. The SMILES string of the molecule is Cc1cccc(C(=O)Nc2cccc([C@@H]3OC(=O)N(Cc4ccccc4)[C@H]3C(=O)NCC(C)C)c2)c1. The van der Waals surface area contributed by atoms with Gasteiger partial charge >= 0.3 is 6.09 Å². The number of rotatable bonds is 8. The normalized spacial score (nSPS) is 17.1. The van der Waals surface area contributed by atoms with Crippen molar-refractivity contribution in [3.8, 4) is 0 Å². The summed E-state index contributed by atoms with van der Waals surface area (Å²) in [5.74, 6) is -0.256. The minimum Gasteiger partial charge on any atom is -0.438 e. The zero-order chi connectivity index (χ0) is 25.7. The molecule has 1 fully saturated rings. The maximum absolute atomic E-state index is 13.3. The monoisotopic (exact) mass is 485 g/mol. The molecule has 0 spiro atoms. The van der Waals surface area contributed by atoms with Crippen molar-refractivity contribution in [2.45, 2.75) is 39.5 Å². The van der Waals surface area contributed by atoms with E-state index >= 15 is 0 Å². The van der Waals surface area contributed by atoms with E-state index in [1.165, 1.54) is 4.90 Å². The van der Waals surface area contributed by atoms with Crippen LogP contribution in [-0.2, 0) is 16.1 Å². The predicted octanol–water partition coefficient (Wildman–Crippen LogP) is 5.08. The standard InChI is InChI=1S/C29H31N3O4/c1-19(2)17-30-28(34)25-26(36-29(35)32(25)18-21-10-5-4-6-11-21)22-12-8-14-24(16-22)31-27(33)23-13-7-9-20(3)15-23/h4-16,19,25-26H,17-18H2,1-3H3,(H,30,34)(H,31,33)/t25-,26+/m1/s1. The highest BCUT2D eigenvalue weighted by molar-refractivity contribution is 6.04. The van der Waals surface area contributed by atoms with E-state index in [-0.39, 0.29) is 24.3 Å². The lowest BCUT2D eigenvalue weighted by molar-refractivity contribution is -0.126. The minimum atomic E-state index is -0.848. The summed E-state index contributed by atoms with van der Waals surface area (Å²) in [5.41, 5.74) is 3.62. The predicted molar refractivity (Wildman–Crippen MR) is 138 cm³/mol. The molecule has 0 unspecified atom stereocenters. The average Bonchev–Trinajstić information content (AvgIpc) is 3.19. The van der Waals surface area contributed by atoms with E-state index in [0.29, 0.717) is 23.4 Å². The lowest BCUT2D eigenvalue weighted by Crippen LogP contribution is -2.47. The highest BCUT2D eigenvalue weighted by atomic mass is 16.6. The fraction of sp³-hybridized carbons (Fsp3) is 0.276. The number of ether oxygens (including phenoxy) is 1. The van der Waals surface area contributed by atoms with Gasteiger partial charge in [-0.05, 0) is 48.2 Å². The van der Waals surface area contributed by atoms with Gasteiger partial charge < -0.3 is 15.4 Å². The van der Waals surface area contributed by atoms with Gasteiger partial charge in [-0.1, -0.05) is 74.0 Å². The summed E-state index contributed by atoms with van der Waals surface area (Å²) in [6, 6.07) is 23.1. The molecule has 0 aliphatic carbocycles. The molecule has 186 valence electrons. The van der Waals surface area contributed by atoms with Gasteiger partial charge in [-0.15, -0.1) is 0 Å². The number of aryl methyl sites for hydroxylation is 1.